The maximum atomic E-state index is 11.9. The number of hydrogen-bond acceptors (Lipinski definition) is 6. The van der Waals surface area contributed by atoms with Gasteiger partial charge in [-0.1, -0.05) is 24.3 Å². The highest BCUT2D eigenvalue weighted by molar-refractivity contribution is 6.06. The molecule has 0 bridgehead atoms. The van der Waals surface area contributed by atoms with Crippen LogP contribution in [0.2, 0.25) is 0 Å². The van der Waals surface area contributed by atoms with Crippen LogP contribution in [0.4, 0.5) is 11.6 Å². The molecule has 0 saturated carbocycles. The van der Waals surface area contributed by atoms with Gasteiger partial charge in [-0.25, -0.2) is 0 Å². The van der Waals surface area contributed by atoms with E-state index in [1.807, 2.05) is 41.8 Å². The number of aryl methyl sites for hydroxylation is 1. The topological polar surface area (TPSA) is 118 Å². The molecule has 32 heavy (non-hydrogen) atoms. The van der Waals surface area contributed by atoms with E-state index in [1.165, 1.54) is 0 Å². The number of aromatic hydroxyl groups is 1. The Bertz CT molecular complexity index is 1340. The highest BCUT2D eigenvalue weighted by Gasteiger charge is 2.21. The number of carbonyl (C=O) groups is 1. The van der Waals surface area contributed by atoms with E-state index >= 15 is 0 Å². The second-order valence-corrected chi connectivity index (χ2v) is 7.94. The Labute approximate surface area is 185 Å². The van der Waals surface area contributed by atoms with Gasteiger partial charge in [0, 0.05) is 40.9 Å². The van der Waals surface area contributed by atoms with Gasteiger partial charge in [0.25, 0.3) is 0 Å². The van der Waals surface area contributed by atoms with Crippen molar-refractivity contribution in [2.75, 3.05) is 17.2 Å². The molecule has 0 radical (unpaired) electrons. The number of rotatable bonds is 5. The van der Waals surface area contributed by atoms with Crippen molar-refractivity contribution < 1.29 is 9.90 Å². The minimum atomic E-state index is -0.467. The van der Waals surface area contributed by atoms with Crippen LogP contribution in [0.5, 0.6) is 5.75 Å². The number of nitrogens with two attached hydrogens (primary N) is 1. The van der Waals surface area contributed by atoms with Crippen LogP contribution in [0, 0.1) is 6.92 Å². The lowest BCUT2D eigenvalue weighted by Gasteiger charge is -2.22. The first-order valence-electron chi connectivity index (χ1n) is 10.6. The monoisotopic (exact) mass is 428 g/mol. The Morgan fingerprint density at radius 2 is 2.06 bits per heavy atom. The predicted molar refractivity (Wildman–Crippen MR) is 124 cm³/mol. The van der Waals surface area contributed by atoms with Crippen LogP contribution in [0.3, 0.4) is 0 Å². The quantitative estimate of drug-likeness (QED) is 0.386. The maximum absolute atomic E-state index is 11.9. The van der Waals surface area contributed by atoms with Gasteiger partial charge in [-0.3, -0.25) is 9.36 Å². The average molecular weight is 428 g/mol. The summed E-state index contributed by atoms with van der Waals surface area (Å²) in [5.74, 6) is 1.81. The molecule has 2 aromatic carbocycles. The number of nitrogens with zero attached hydrogens (tertiary/aromatic N) is 3. The van der Waals surface area contributed by atoms with Gasteiger partial charge in [0.1, 0.15) is 17.4 Å². The molecule has 0 fully saturated rings. The molecular weight excluding hydrogens is 404 g/mol. The predicted octanol–water partition coefficient (Wildman–Crippen LogP) is 3.50. The van der Waals surface area contributed by atoms with Crippen molar-refractivity contribution in [3.05, 3.63) is 70.9 Å². The fourth-order valence-corrected chi connectivity index (χ4v) is 4.26. The van der Waals surface area contributed by atoms with Crippen LogP contribution in [0.25, 0.3) is 16.9 Å². The first-order chi connectivity index (χ1) is 15.5. The van der Waals surface area contributed by atoms with E-state index in [4.69, 9.17) is 15.7 Å². The van der Waals surface area contributed by atoms with Crippen molar-refractivity contribution in [2.24, 2.45) is 5.73 Å². The van der Waals surface area contributed by atoms with E-state index in [0.29, 0.717) is 18.1 Å². The van der Waals surface area contributed by atoms with Crippen molar-refractivity contribution >= 4 is 28.4 Å². The van der Waals surface area contributed by atoms with Gasteiger partial charge < -0.3 is 21.5 Å². The average Bonchev–Trinajstić information content (AvgIpc) is 3.13. The van der Waals surface area contributed by atoms with Crippen molar-refractivity contribution in [3.63, 3.8) is 0 Å². The fraction of sp³-hybridized carbons (Fsp3) is 0.208. The third-order valence-corrected chi connectivity index (χ3v) is 5.82. The zero-order chi connectivity index (χ0) is 22.2. The summed E-state index contributed by atoms with van der Waals surface area (Å²) in [4.78, 5) is 21.6. The van der Waals surface area contributed by atoms with Gasteiger partial charge in [-0.15, -0.1) is 0 Å². The van der Waals surface area contributed by atoms with Crippen molar-refractivity contribution in [3.8, 4) is 11.7 Å². The molecule has 0 aliphatic carbocycles. The minimum Gasteiger partial charge on any atom is -0.508 e. The number of nitrogens with one attached hydrogen (secondary N) is 2. The molecule has 1 amide bonds. The van der Waals surface area contributed by atoms with E-state index in [2.05, 4.69) is 10.6 Å². The molecule has 5 rings (SSSR count). The van der Waals surface area contributed by atoms with Crippen molar-refractivity contribution in [2.45, 2.75) is 26.3 Å². The van der Waals surface area contributed by atoms with Crippen LogP contribution < -0.4 is 16.4 Å². The number of primary amides is 1. The lowest BCUT2D eigenvalue weighted by Crippen LogP contribution is -2.19. The maximum Gasteiger partial charge on any atom is 0.249 e. The third-order valence-electron chi connectivity index (χ3n) is 5.82. The molecule has 2 aromatic heterocycles. The standard InChI is InChI=1S/C24H24N6O2/c1-14-12-18-16(21(25)32)7-4-9-19(18)30(14)24-28-22-17(8-5-11-26-22)23(29-24)27-13-15-6-2-3-10-20(15)31/h2-4,6-7,9-10,12,31H,5,8,11,13H2,1H3,(H2,25,32)(H2,26,27,28,29). The van der Waals surface area contributed by atoms with Gasteiger partial charge in [-0.2, -0.15) is 9.97 Å². The second kappa shape index (κ2) is 7.88. The molecule has 1 aliphatic heterocycles. The summed E-state index contributed by atoms with van der Waals surface area (Å²) in [7, 11) is 0. The summed E-state index contributed by atoms with van der Waals surface area (Å²) in [6, 6.07) is 14.6. The van der Waals surface area contributed by atoms with Crippen molar-refractivity contribution in [1.29, 1.82) is 0 Å². The van der Waals surface area contributed by atoms with E-state index in [1.54, 1.807) is 18.2 Å². The van der Waals surface area contributed by atoms with Gasteiger partial charge in [0.05, 0.1) is 5.52 Å². The Morgan fingerprint density at radius 1 is 1.22 bits per heavy atom. The van der Waals surface area contributed by atoms with E-state index in [-0.39, 0.29) is 5.75 Å². The molecule has 0 spiro atoms. The van der Waals surface area contributed by atoms with Crippen molar-refractivity contribution in [1.82, 2.24) is 14.5 Å². The lowest BCUT2D eigenvalue weighted by molar-refractivity contribution is 0.100. The highest BCUT2D eigenvalue weighted by atomic mass is 16.3. The van der Waals surface area contributed by atoms with Crippen LogP contribution in [-0.4, -0.2) is 32.1 Å². The number of amides is 1. The molecule has 3 heterocycles. The number of phenolic OH excluding ortho intramolecular Hbond substituents is 1. The number of hydrogen-bond donors (Lipinski definition) is 4. The second-order valence-electron chi connectivity index (χ2n) is 7.94. The van der Waals surface area contributed by atoms with Crippen LogP contribution >= 0.6 is 0 Å². The largest absolute Gasteiger partial charge is 0.508 e. The minimum absolute atomic E-state index is 0.243. The summed E-state index contributed by atoms with van der Waals surface area (Å²) in [6.45, 7) is 3.24. The number of fused-ring (bicyclic) bond motifs is 2. The molecule has 8 heteroatoms. The molecule has 5 N–H and O–H groups in total. The molecular formula is C24H24N6O2. The molecule has 0 atom stereocenters. The number of phenols is 1. The number of carbonyl (C=O) groups excluding carboxylic acids is 1. The van der Waals surface area contributed by atoms with Gasteiger partial charge in [0.15, 0.2) is 0 Å². The molecule has 4 aromatic rings. The molecule has 0 saturated heterocycles. The summed E-state index contributed by atoms with van der Waals surface area (Å²) in [5, 5.41) is 17.7. The summed E-state index contributed by atoms with van der Waals surface area (Å²) in [6.07, 6.45) is 1.86. The fourth-order valence-electron chi connectivity index (χ4n) is 4.26. The Hall–Kier alpha value is -4.07. The highest BCUT2D eigenvalue weighted by Crippen LogP contribution is 2.31. The number of benzene rings is 2. The third kappa shape index (κ3) is 3.39. The van der Waals surface area contributed by atoms with E-state index < -0.39 is 5.91 Å². The molecule has 0 unspecified atom stereocenters. The van der Waals surface area contributed by atoms with Gasteiger partial charge in [0.2, 0.25) is 11.9 Å². The molecule has 1 aliphatic rings. The lowest BCUT2D eigenvalue weighted by atomic mass is 10.1. The number of aromatic nitrogens is 3. The van der Waals surface area contributed by atoms with Gasteiger partial charge in [-0.05, 0) is 44.0 Å². The number of para-hydroxylation sites is 1. The Kier molecular flexibility index (Phi) is 4.89. The normalized spacial score (nSPS) is 12.9. The van der Waals surface area contributed by atoms with E-state index in [9.17, 15) is 9.90 Å². The first-order valence-corrected chi connectivity index (χ1v) is 10.6. The SMILES string of the molecule is Cc1cc2c(C(N)=O)cccc2n1-c1nc2c(c(NCc3ccccc3O)n1)CCCN2. The Balaban J connectivity index is 1.62. The molecule has 8 nitrogen and oxygen atoms in total. The van der Waals surface area contributed by atoms with Crippen LogP contribution in [0.1, 0.15) is 33.6 Å². The van der Waals surface area contributed by atoms with E-state index in [0.717, 1.165) is 58.7 Å². The number of anilines is 2. The summed E-state index contributed by atoms with van der Waals surface area (Å²) >= 11 is 0. The Morgan fingerprint density at radius 3 is 2.88 bits per heavy atom. The van der Waals surface area contributed by atoms with Gasteiger partial charge >= 0.3 is 0 Å². The zero-order valence-electron chi connectivity index (χ0n) is 17.7. The summed E-state index contributed by atoms with van der Waals surface area (Å²) in [5.41, 5.74) is 9.59. The van der Waals surface area contributed by atoms with Crippen LogP contribution in [0.15, 0.2) is 48.5 Å². The molecule has 162 valence electrons. The smallest absolute Gasteiger partial charge is 0.249 e. The summed E-state index contributed by atoms with van der Waals surface area (Å²) < 4.78 is 1.93. The van der Waals surface area contributed by atoms with Crippen LogP contribution in [-0.2, 0) is 13.0 Å². The zero-order valence-corrected chi connectivity index (χ0v) is 17.7. The first kappa shape index (κ1) is 19.9.